The molecule has 352 valence electrons. The van der Waals surface area contributed by atoms with E-state index in [-0.39, 0.29) is 42.7 Å². The van der Waals surface area contributed by atoms with E-state index in [0.29, 0.717) is 19.3 Å². The maximum absolute atomic E-state index is 12.8. The van der Waals surface area contributed by atoms with Gasteiger partial charge in [-0.25, -0.2) is 4.79 Å². The Hall–Kier alpha value is -3.75. The third-order valence-corrected chi connectivity index (χ3v) is 10.2. The Balaban J connectivity index is 4.43. The van der Waals surface area contributed by atoms with Gasteiger partial charge in [0.1, 0.15) is 6.61 Å². The van der Waals surface area contributed by atoms with Crippen molar-refractivity contribution in [3.05, 3.63) is 97.2 Å². The maximum atomic E-state index is 12.8. The van der Waals surface area contributed by atoms with Gasteiger partial charge in [0.2, 0.25) is 0 Å². The number of rotatable bonds is 42. The molecule has 0 aliphatic heterocycles. The van der Waals surface area contributed by atoms with Gasteiger partial charge in [-0.05, 0) is 89.9 Å². The fraction of sp³-hybridized carbons (Fsp3) is 0.648. The molecule has 0 fully saturated rings. The first-order valence-corrected chi connectivity index (χ1v) is 24.3. The smallest absolute Gasteiger partial charge is 0.362 e. The molecule has 62 heavy (non-hydrogen) atoms. The number of hydrogen-bond donors (Lipinski definition) is 1. The van der Waals surface area contributed by atoms with Crippen LogP contribution in [-0.4, -0.2) is 80.6 Å². The van der Waals surface area contributed by atoms with Gasteiger partial charge in [-0.3, -0.25) is 9.59 Å². The summed E-state index contributed by atoms with van der Waals surface area (Å²) < 4.78 is 17.3. The number of carbonyl (C=O) groups excluding carboxylic acids is 2. The maximum Gasteiger partial charge on any atom is 0.362 e. The molecule has 0 aromatic rings. The van der Waals surface area contributed by atoms with Crippen LogP contribution >= 0.6 is 0 Å². The first kappa shape index (κ1) is 58.2. The second-order valence-corrected chi connectivity index (χ2v) is 17.0. The molecule has 2 unspecified atom stereocenters. The summed E-state index contributed by atoms with van der Waals surface area (Å²) in [6.07, 6.45) is 58.8. The van der Waals surface area contributed by atoms with Crippen LogP contribution in [0.25, 0.3) is 0 Å². The summed E-state index contributed by atoms with van der Waals surface area (Å²) in [7, 11) is 5.50. The largest absolute Gasteiger partial charge is 0.477 e. The van der Waals surface area contributed by atoms with Gasteiger partial charge >= 0.3 is 17.9 Å². The van der Waals surface area contributed by atoms with Gasteiger partial charge in [0.05, 0.1) is 34.4 Å². The summed E-state index contributed by atoms with van der Waals surface area (Å²) in [6, 6.07) is -0.631. The molecule has 0 bridgehead atoms. The number of hydrogen-bond acceptors (Lipinski definition) is 6. The zero-order valence-corrected chi connectivity index (χ0v) is 40.0. The van der Waals surface area contributed by atoms with Crippen LogP contribution in [0.3, 0.4) is 0 Å². The Labute approximate surface area is 379 Å². The third kappa shape index (κ3) is 41.6. The summed E-state index contributed by atoms with van der Waals surface area (Å²) in [5.41, 5.74) is 0. The van der Waals surface area contributed by atoms with Crippen LogP contribution in [0, 0.1) is 0 Å². The van der Waals surface area contributed by atoms with Gasteiger partial charge in [-0.15, -0.1) is 0 Å². The van der Waals surface area contributed by atoms with E-state index in [1.807, 2.05) is 21.1 Å². The van der Waals surface area contributed by atoms with Crippen molar-refractivity contribution in [3.8, 4) is 0 Å². The number of unbranched alkanes of at least 4 members (excludes halogenated alkanes) is 13. The van der Waals surface area contributed by atoms with Gasteiger partial charge in [0, 0.05) is 19.3 Å². The van der Waals surface area contributed by atoms with E-state index in [1.165, 1.54) is 44.9 Å². The number of carboxylic acid groups (broad SMARTS) is 1. The highest BCUT2D eigenvalue weighted by Gasteiger charge is 2.31. The van der Waals surface area contributed by atoms with E-state index in [1.54, 1.807) is 0 Å². The number of nitrogens with zero attached hydrogens (tertiary/aromatic N) is 1. The fourth-order valence-corrected chi connectivity index (χ4v) is 6.50. The second-order valence-electron chi connectivity index (χ2n) is 17.0. The highest BCUT2D eigenvalue weighted by atomic mass is 16.6. The predicted octanol–water partition coefficient (Wildman–Crippen LogP) is 13.9. The van der Waals surface area contributed by atoms with Gasteiger partial charge in [-0.1, -0.05) is 162 Å². The number of aliphatic carboxylic acids is 1. The lowest BCUT2D eigenvalue weighted by Crippen LogP contribution is -2.50. The van der Waals surface area contributed by atoms with E-state index in [4.69, 9.17) is 14.2 Å². The van der Waals surface area contributed by atoms with Crippen molar-refractivity contribution in [2.45, 2.75) is 187 Å². The molecule has 2 atom stereocenters. The summed E-state index contributed by atoms with van der Waals surface area (Å²) in [4.78, 5) is 37.1. The molecule has 0 aromatic heterocycles. The molecule has 0 rings (SSSR count). The lowest BCUT2D eigenvalue weighted by atomic mass is 10.1. The van der Waals surface area contributed by atoms with Crippen molar-refractivity contribution >= 4 is 17.9 Å². The molecule has 0 aliphatic rings. The molecule has 0 spiro atoms. The van der Waals surface area contributed by atoms with Crippen molar-refractivity contribution < 1.29 is 38.2 Å². The van der Waals surface area contributed by atoms with Crippen molar-refractivity contribution in [2.24, 2.45) is 0 Å². The number of esters is 2. The van der Waals surface area contributed by atoms with Gasteiger partial charge in [-0.2, -0.15) is 0 Å². The normalized spacial score (nSPS) is 13.8. The molecule has 8 nitrogen and oxygen atoms in total. The zero-order chi connectivity index (χ0) is 45.6. The van der Waals surface area contributed by atoms with Gasteiger partial charge in [0.15, 0.2) is 12.1 Å². The van der Waals surface area contributed by atoms with Crippen molar-refractivity contribution in [2.75, 3.05) is 41.0 Å². The molecule has 1 N–H and O–H groups in total. The fourth-order valence-electron chi connectivity index (χ4n) is 6.50. The summed E-state index contributed by atoms with van der Waals surface area (Å²) in [5, 5.41) is 9.64. The zero-order valence-electron chi connectivity index (χ0n) is 40.0. The topological polar surface area (TPSA) is 99.1 Å². The van der Waals surface area contributed by atoms with Crippen LogP contribution in [0.2, 0.25) is 0 Å². The number of carboxylic acids is 1. The quantitative estimate of drug-likeness (QED) is 0.0214. The Morgan fingerprint density at radius 3 is 1.44 bits per heavy atom. The van der Waals surface area contributed by atoms with E-state index in [2.05, 4.69) is 111 Å². The SMILES string of the molecule is CC/C=C/C/C=C/C/C=C/C/C=C/C/C=C/C/C=C/CCCCCC(=O)OC(COCCC(C(=O)O)[N+](C)(C)C)COC(=O)CCCCC/C=C/C=C/CCCCCCCCC. The number of quaternary nitrogens is 1. The molecule has 8 heteroatoms. The van der Waals surface area contributed by atoms with Crippen LogP contribution in [0.5, 0.6) is 0 Å². The Bertz CT molecular complexity index is 1330. The Kier molecular flexibility index (Phi) is 41.2. The van der Waals surface area contributed by atoms with E-state index in [9.17, 15) is 19.5 Å². The first-order valence-electron chi connectivity index (χ1n) is 24.3. The summed E-state index contributed by atoms with van der Waals surface area (Å²) in [5.74, 6) is -1.56. The van der Waals surface area contributed by atoms with Crippen LogP contribution in [0.4, 0.5) is 0 Å². The lowest BCUT2D eigenvalue weighted by molar-refractivity contribution is -0.887. The van der Waals surface area contributed by atoms with Gasteiger partial charge < -0.3 is 23.8 Å². The summed E-state index contributed by atoms with van der Waals surface area (Å²) >= 11 is 0. The number of carbonyl (C=O) groups is 3. The molecule has 0 aromatic carbocycles. The standard InChI is InChI=1S/C54H89NO7/c1-6-8-10-12-14-16-18-20-22-24-25-26-27-28-29-31-33-35-37-39-41-43-45-53(57)62-50(48-60-47-46-51(54(58)59)55(3,4)5)49-61-52(56)44-42-40-38-36-34-32-30-23-21-19-17-15-13-11-9-7-2/h8,10,14,16,20,22-23,25-26,28-30,32-35,50-51H,6-7,9,11-13,15,17-19,21,24,27,31,36-49H2,1-5H3/p+1/b10-8+,16-14+,22-20+,26-25+,29-28+,30-23+,34-32+,35-33+. The molecule has 0 radical (unpaired) electrons. The minimum Gasteiger partial charge on any atom is -0.477 e. The highest BCUT2D eigenvalue weighted by Crippen LogP contribution is 2.12. The van der Waals surface area contributed by atoms with Crippen molar-refractivity contribution in [1.29, 1.82) is 0 Å². The molecule has 0 amide bonds. The van der Waals surface area contributed by atoms with E-state index < -0.39 is 18.1 Å². The number of likely N-dealkylation sites (N-methyl/N-ethyl adjacent to an activating group) is 1. The average molecular weight is 865 g/mol. The Morgan fingerprint density at radius 1 is 0.516 bits per heavy atom. The highest BCUT2D eigenvalue weighted by molar-refractivity contribution is 5.72. The minimum absolute atomic E-state index is 0.0328. The minimum atomic E-state index is -0.888. The van der Waals surface area contributed by atoms with Crippen molar-refractivity contribution in [3.63, 3.8) is 0 Å². The molecule has 0 heterocycles. The van der Waals surface area contributed by atoms with E-state index >= 15 is 0 Å². The van der Waals surface area contributed by atoms with Crippen molar-refractivity contribution in [1.82, 2.24) is 0 Å². The predicted molar refractivity (Wildman–Crippen MR) is 261 cm³/mol. The Morgan fingerprint density at radius 2 is 0.952 bits per heavy atom. The molecule has 0 saturated heterocycles. The second kappa shape index (κ2) is 43.9. The average Bonchev–Trinajstić information content (AvgIpc) is 3.23. The molecular weight excluding hydrogens is 775 g/mol. The number of allylic oxidation sites excluding steroid dienone is 16. The molecule has 0 saturated carbocycles. The molecular formula is C54H90NO7+. The van der Waals surface area contributed by atoms with E-state index in [0.717, 1.165) is 89.9 Å². The van der Waals surface area contributed by atoms with Crippen LogP contribution in [0.15, 0.2) is 97.2 Å². The molecule has 0 aliphatic carbocycles. The van der Waals surface area contributed by atoms with Crippen LogP contribution in [0.1, 0.15) is 174 Å². The summed E-state index contributed by atoms with van der Waals surface area (Å²) in [6.45, 7) is 4.54. The van der Waals surface area contributed by atoms with Crippen LogP contribution < -0.4 is 0 Å². The van der Waals surface area contributed by atoms with Crippen LogP contribution in [-0.2, 0) is 28.6 Å². The monoisotopic (exact) mass is 865 g/mol. The number of ether oxygens (including phenoxy) is 3. The van der Waals surface area contributed by atoms with Gasteiger partial charge in [0.25, 0.3) is 0 Å². The first-order chi connectivity index (χ1) is 30.1. The third-order valence-electron chi connectivity index (χ3n) is 10.2. The lowest BCUT2D eigenvalue weighted by Gasteiger charge is -2.31.